The molecule has 0 N–H and O–H groups in total. The predicted molar refractivity (Wildman–Crippen MR) is 126 cm³/mol. The molecule has 0 unspecified atom stereocenters. The third-order valence-electron chi connectivity index (χ3n) is 4.71. The Morgan fingerprint density at radius 1 is 0.778 bits per heavy atom. The standard InChI is InChI=1S/C24H18Br2S/c1-16-7-6-12-22(27-15-18-9-3-5-11-21(18)25)23(16)20-14-13-17-8-2-4-10-19(17)24(20)26/h2-14H,15H2,1H3. The molecule has 0 amide bonds. The van der Waals surface area contributed by atoms with Crippen LogP contribution in [-0.2, 0) is 5.75 Å². The van der Waals surface area contributed by atoms with Crippen molar-refractivity contribution in [1.29, 1.82) is 0 Å². The summed E-state index contributed by atoms with van der Waals surface area (Å²) >= 11 is 9.43. The smallest absolute Gasteiger partial charge is 0.0332 e. The van der Waals surface area contributed by atoms with Crippen LogP contribution in [0, 0.1) is 6.92 Å². The third-order valence-corrected chi connectivity index (χ3v) is 7.44. The molecule has 0 heterocycles. The Hall–Kier alpha value is -1.55. The van der Waals surface area contributed by atoms with Crippen molar-refractivity contribution in [3.8, 4) is 11.1 Å². The maximum absolute atomic E-state index is 3.88. The van der Waals surface area contributed by atoms with Crippen LogP contribution in [0.15, 0.2) is 92.7 Å². The summed E-state index contributed by atoms with van der Waals surface area (Å²) in [5, 5.41) is 2.50. The number of thioether (sulfide) groups is 1. The number of rotatable bonds is 4. The van der Waals surface area contributed by atoms with Crippen LogP contribution in [0.25, 0.3) is 21.9 Å². The van der Waals surface area contributed by atoms with Gasteiger partial charge in [0.05, 0.1) is 0 Å². The van der Waals surface area contributed by atoms with E-state index in [1.54, 1.807) is 0 Å². The molecule has 0 aliphatic heterocycles. The van der Waals surface area contributed by atoms with E-state index in [-0.39, 0.29) is 0 Å². The van der Waals surface area contributed by atoms with Crippen molar-refractivity contribution in [3.05, 3.63) is 98.9 Å². The van der Waals surface area contributed by atoms with Gasteiger partial charge in [0.15, 0.2) is 0 Å². The molecular formula is C24H18Br2S. The summed E-state index contributed by atoms with van der Waals surface area (Å²) in [5.74, 6) is 0.934. The highest BCUT2D eigenvalue weighted by molar-refractivity contribution is 9.11. The van der Waals surface area contributed by atoms with Gasteiger partial charge in [-0.25, -0.2) is 0 Å². The van der Waals surface area contributed by atoms with Crippen molar-refractivity contribution in [1.82, 2.24) is 0 Å². The van der Waals surface area contributed by atoms with Gasteiger partial charge in [0.1, 0.15) is 0 Å². The second-order valence-electron chi connectivity index (χ2n) is 6.48. The van der Waals surface area contributed by atoms with E-state index in [9.17, 15) is 0 Å². The second kappa shape index (κ2) is 8.22. The highest BCUT2D eigenvalue weighted by Crippen LogP contribution is 2.42. The molecule has 0 fully saturated rings. The van der Waals surface area contributed by atoms with E-state index in [1.807, 2.05) is 11.8 Å². The molecule has 134 valence electrons. The van der Waals surface area contributed by atoms with E-state index in [4.69, 9.17) is 0 Å². The van der Waals surface area contributed by atoms with Crippen molar-refractivity contribution in [2.75, 3.05) is 0 Å². The van der Waals surface area contributed by atoms with E-state index < -0.39 is 0 Å². The molecule has 27 heavy (non-hydrogen) atoms. The van der Waals surface area contributed by atoms with Crippen LogP contribution in [0.4, 0.5) is 0 Å². The summed E-state index contributed by atoms with van der Waals surface area (Å²) in [6.07, 6.45) is 0. The normalized spacial score (nSPS) is 11.1. The highest BCUT2D eigenvalue weighted by Gasteiger charge is 2.14. The summed E-state index contributed by atoms with van der Waals surface area (Å²) in [7, 11) is 0. The molecule has 4 aromatic rings. The number of benzene rings is 4. The molecule has 0 spiro atoms. The molecule has 0 saturated heterocycles. The molecule has 4 aromatic carbocycles. The van der Waals surface area contributed by atoms with Crippen LogP contribution in [0.3, 0.4) is 0 Å². The van der Waals surface area contributed by atoms with Crippen LogP contribution in [0.5, 0.6) is 0 Å². The Balaban J connectivity index is 1.78. The van der Waals surface area contributed by atoms with E-state index in [1.165, 1.54) is 42.4 Å². The first-order valence-corrected chi connectivity index (χ1v) is 11.4. The van der Waals surface area contributed by atoms with Gasteiger partial charge in [-0.05, 0) is 68.0 Å². The van der Waals surface area contributed by atoms with Crippen LogP contribution in [-0.4, -0.2) is 0 Å². The fraction of sp³-hybridized carbons (Fsp3) is 0.0833. The van der Waals surface area contributed by atoms with Gasteiger partial charge in [-0.3, -0.25) is 0 Å². The Bertz CT molecular complexity index is 1120. The fourth-order valence-electron chi connectivity index (χ4n) is 3.30. The van der Waals surface area contributed by atoms with Crippen LogP contribution in [0.1, 0.15) is 11.1 Å². The first-order chi connectivity index (χ1) is 13.1. The first kappa shape index (κ1) is 18.8. The number of fused-ring (bicyclic) bond motifs is 1. The van der Waals surface area contributed by atoms with Gasteiger partial charge in [0.2, 0.25) is 0 Å². The minimum atomic E-state index is 0.934. The minimum absolute atomic E-state index is 0.934. The summed E-state index contributed by atoms with van der Waals surface area (Å²) in [6, 6.07) is 28.0. The lowest BCUT2D eigenvalue weighted by molar-refractivity contribution is 1.33. The lowest BCUT2D eigenvalue weighted by Crippen LogP contribution is -1.91. The van der Waals surface area contributed by atoms with Crippen molar-refractivity contribution >= 4 is 54.4 Å². The second-order valence-corrected chi connectivity index (χ2v) is 9.14. The zero-order chi connectivity index (χ0) is 18.8. The SMILES string of the molecule is Cc1cccc(SCc2ccccc2Br)c1-c1ccc2ccccc2c1Br. The Morgan fingerprint density at radius 2 is 1.56 bits per heavy atom. The number of halogens is 2. The summed E-state index contributed by atoms with van der Waals surface area (Å²) in [6.45, 7) is 2.19. The van der Waals surface area contributed by atoms with Crippen LogP contribution >= 0.6 is 43.6 Å². The third kappa shape index (κ3) is 3.87. The molecule has 0 atom stereocenters. The lowest BCUT2D eigenvalue weighted by Gasteiger charge is -2.16. The van der Waals surface area contributed by atoms with Crippen LogP contribution in [0.2, 0.25) is 0 Å². The zero-order valence-electron chi connectivity index (χ0n) is 14.9. The van der Waals surface area contributed by atoms with E-state index in [0.29, 0.717) is 0 Å². The molecule has 0 nitrogen and oxygen atoms in total. The number of aryl methyl sites for hydroxylation is 1. The molecule has 0 radical (unpaired) electrons. The van der Waals surface area contributed by atoms with Gasteiger partial charge in [0, 0.05) is 19.6 Å². The molecule has 3 heteroatoms. The van der Waals surface area contributed by atoms with E-state index in [0.717, 1.165) is 10.2 Å². The average Bonchev–Trinajstić information content (AvgIpc) is 2.69. The Kier molecular flexibility index (Phi) is 5.72. The zero-order valence-corrected chi connectivity index (χ0v) is 18.9. The lowest BCUT2D eigenvalue weighted by atomic mass is 9.98. The van der Waals surface area contributed by atoms with Gasteiger partial charge in [0.25, 0.3) is 0 Å². The van der Waals surface area contributed by atoms with Gasteiger partial charge >= 0.3 is 0 Å². The van der Waals surface area contributed by atoms with Crippen molar-refractivity contribution in [2.24, 2.45) is 0 Å². The van der Waals surface area contributed by atoms with Crippen molar-refractivity contribution < 1.29 is 0 Å². The van der Waals surface area contributed by atoms with Crippen molar-refractivity contribution in [2.45, 2.75) is 17.6 Å². The Morgan fingerprint density at radius 3 is 2.41 bits per heavy atom. The molecule has 0 saturated carbocycles. The quantitative estimate of drug-likeness (QED) is 0.254. The largest absolute Gasteiger partial charge is 0.121 e. The van der Waals surface area contributed by atoms with Crippen molar-refractivity contribution in [3.63, 3.8) is 0 Å². The first-order valence-electron chi connectivity index (χ1n) is 8.78. The van der Waals surface area contributed by atoms with Crippen LogP contribution < -0.4 is 0 Å². The topological polar surface area (TPSA) is 0 Å². The molecule has 0 aliphatic carbocycles. The maximum Gasteiger partial charge on any atom is 0.0332 e. The minimum Gasteiger partial charge on any atom is -0.121 e. The molecule has 0 bridgehead atoms. The number of hydrogen-bond donors (Lipinski definition) is 0. The van der Waals surface area contributed by atoms with Gasteiger partial charge < -0.3 is 0 Å². The summed E-state index contributed by atoms with van der Waals surface area (Å²) in [5.41, 5.74) is 5.17. The molecular weight excluding hydrogens is 480 g/mol. The molecule has 0 aromatic heterocycles. The molecule has 4 rings (SSSR count). The predicted octanol–water partition coefficient (Wildman–Crippen LogP) is 8.63. The van der Waals surface area contributed by atoms with Gasteiger partial charge in [-0.2, -0.15) is 0 Å². The molecule has 0 aliphatic rings. The Labute approximate surface area is 181 Å². The number of hydrogen-bond acceptors (Lipinski definition) is 1. The fourth-order valence-corrected chi connectivity index (χ4v) is 5.76. The maximum atomic E-state index is 3.88. The summed E-state index contributed by atoms with van der Waals surface area (Å²) < 4.78 is 2.33. The van der Waals surface area contributed by atoms with Gasteiger partial charge in [-0.15, -0.1) is 11.8 Å². The highest BCUT2D eigenvalue weighted by atomic mass is 79.9. The average molecular weight is 498 g/mol. The van der Waals surface area contributed by atoms with E-state index in [2.05, 4.69) is 118 Å². The summed E-state index contributed by atoms with van der Waals surface area (Å²) in [4.78, 5) is 1.31. The van der Waals surface area contributed by atoms with Gasteiger partial charge in [-0.1, -0.05) is 82.7 Å². The monoisotopic (exact) mass is 496 g/mol. The van der Waals surface area contributed by atoms with E-state index >= 15 is 0 Å².